The van der Waals surface area contributed by atoms with Crippen LogP contribution in [0.25, 0.3) is 0 Å². The molecular weight excluding hydrogens is 428 g/mol. The highest BCUT2D eigenvalue weighted by Crippen LogP contribution is 2.60. The topological polar surface area (TPSA) is 132 Å². The summed E-state index contributed by atoms with van der Waals surface area (Å²) in [5, 5.41) is -1.38. The number of hydrogen-bond donors (Lipinski definition) is 1. The molecule has 1 aromatic rings. The molecular formula is C16H23FN3O7PS. The van der Waals surface area contributed by atoms with Crippen LogP contribution in [0.3, 0.4) is 0 Å². The van der Waals surface area contributed by atoms with Gasteiger partial charge in [0.05, 0.1) is 31.0 Å². The van der Waals surface area contributed by atoms with E-state index in [4.69, 9.17) is 24.0 Å². The van der Waals surface area contributed by atoms with Crippen LogP contribution in [0.2, 0.25) is 0 Å². The molecule has 2 aliphatic heterocycles. The minimum Gasteiger partial charge on any atom is -0.466 e. The maximum absolute atomic E-state index is 15.0. The predicted molar refractivity (Wildman–Crippen MR) is 103 cm³/mol. The van der Waals surface area contributed by atoms with Crippen LogP contribution in [0.4, 0.5) is 10.2 Å². The Morgan fingerprint density at radius 3 is 3.03 bits per heavy atom. The fourth-order valence-electron chi connectivity index (χ4n) is 2.95. The molecule has 3 rings (SSSR count). The number of anilines is 1. The first-order valence-corrected chi connectivity index (χ1v) is 11.5. The van der Waals surface area contributed by atoms with Crippen molar-refractivity contribution in [2.75, 3.05) is 25.6 Å². The van der Waals surface area contributed by atoms with Gasteiger partial charge in [0.25, 0.3) is 0 Å². The second kappa shape index (κ2) is 9.13. The number of phosphoric acid groups is 1. The van der Waals surface area contributed by atoms with E-state index in [1.165, 1.54) is 12.3 Å². The average molecular weight is 451 g/mol. The number of alkyl halides is 1. The van der Waals surface area contributed by atoms with E-state index < -0.39 is 42.3 Å². The lowest BCUT2D eigenvalue weighted by Crippen LogP contribution is -2.38. The molecule has 0 aliphatic carbocycles. The van der Waals surface area contributed by atoms with Crippen LogP contribution in [0.5, 0.6) is 0 Å². The molecule has 0 spiro atoms. The van der Waals surface area contributed by atoms with Crippen LogP contribution in [0, 0.1) is 5.92 Å². The SMILES string of the molecule is CCOC(=O)[C@H](C)CCO[P@]1(=O)OC[C@H]2S[C@@H](n3ccc(N)nc3=O)[C@@H](F)[C@@H]2O1. The summed E-state index contributed by atoms with van der Waals surface area (Å²) in [6, 6.07) is 1.40. The van der Waals surface area contributed by atoms with Crippen LogP contribution in [-0.2, 0) is 27.7 Å². The first-order chi connectivity index (χ1) is 13.7. The first-order valence-electron chi connectivity index (χ1n) is 9.12. The van der Waals surface area contributed by atoms with Gasteiger partial charge in [0.15, 0.2) is 6.17 Å². The number of nitrogens with two attached hydrogens (primary N) is 1. The zero-order valence-corrected chi connectivity index (χ0v) is 17.6. The van der Waals surface area contributed by atoms with Gasteiger partial charge in [-0.1, -0.05) is 6.92 Å². The Kier molecular flexibility index (Phi) is 7.00. The first kappa shape index (κ1) is 22.2. The lowest BCUT2D eigenvalue weighted by Gasteiger charge is -2.31. The molecule has 0 radical (unpaired) electrons. The number of halogens is 1. The number of aromatic nitrogens is 2. The average Bonchev–Trinajstić information content (AvgIpc) is 2.97. The number of phosphoric ester groups is 1. The number of nitrogen functional groups attached to an aromatic ring is 1. The van der Waals surface area contributed by atoms with Crippen molar-refractivity contribution in [3.05, 3.63) is 22.7 Å². The van der Waals surface area contributed by atoms with E-state index in [2.05, 4.69) is 4.98 Å². The van der Waals surface area contributed by atoms with Crippen LogP contribution < -0.4 is 11.4 Å². The Morgan fingerprint density at radius 2 is 2.34 bits per heavy atom. The highest BCUT2D eigenvalue weighted by Gasteiger charge is 2.54. The standard InChI is InChI=1S/C16H23FN3O7PS/c1-3-24-15(21)9(2)5-7-25-28(23)26-8-10-13(27-28)12(17)14(29-10)20-6-4-11(18)19-16(20)22/h4,6,9-10,12-14H,3,5,7-8H2,1-2H3,(H2,18,19,22)/t9-,10-,12+,13-,14-,28-/m1/s1. The van der Waals surface area contributed by atoms with E-state index in [9.17, 15) is 14.2 Å². The molecule has 13 heteroatoms. The molecule has 10 nitrogen and oxygen atoms in total. The molecule has 2 saturated heterocycles. The summed E-state index contributed by atoms with van der Waals surface area (Å²) in [5.74, 6) is -0.803. The molecule has 29 heavy (non-hydrogen) atoms. The lowest BCUT2D eigenvalue weighted by molar-refractivity contribution is -0.147. The van der Waals surface area contributed by atoms with E-state index in [1.54, 1.807) is 13.8 Å². The molecule has 0 saturated carbocycles. The Labute approximate surface area is 170 Å². The van der Waals surface area contributed by atoms with E-state index in [0.29, 0.717) is 0 Å². The summed E-state index contributed by atoms with van der Waals surface area (Å²) in [6.07, 6.45) is -1.10. The van der Waals surface area contributed by atoms with Crippen molar-refractivity contribution in [1.29, 1.82) is 0 Å². The van der Waals surface area contributed by atoms with E-state index in [0.717, 1.165) is 16.3 Å². The summed E-state index contributed by atoms with van der Waals surface area (Å²) >= 11 is 1.13. The number of rotatable bonds is 7. The molecule has 0 unspecified atom stereocenters. The molecule has 0 amide bonds. The number of hydrogen-bond acceptors (Lipinski definition) is 10. The fraction of sp³-hybridized carbons (Fsp3) is 0.688. The molecule has 3 heterocycles. The van der Waals surface area contributed by atoms with Gasteiger partial charge in [-0.25, -0.2) is 13.8 Å². The van der Waals surface area contributed by atoms with Crippen molar-refractivity contribution in [3.63, 3.8) is 0 Å². The van der Waals surface area contributed by atoms with Crippen molar-refractivity contribution in [2.24, 2.45) is 5.92 Å². The quantitative estimate of drug-likeness (QED) is 0.484. The fourth-order valence-corrected chi connectivity index (χ4v) is 6.03. The Bertz CT molecular complexity index is 856. The number of nitrogens with zero attached hydrogens (tertiary/aromatic N) is 2. The molecule has 2 N–H and O–H groups in total. The number of carbonyl (C=O) groups excluding carboxylic acids is 1. The third-order valence-corrected chi connectivity index (χ3v) is 7.52. The molecule has 1 aromatic heterocycles. The molecule has 0 aromatic carbocycles. The van der Waals surface area contributed by atoms with Crippen LogP contribution >= 0.6 is 19.6 Å². The zero-order chi connectivity index (χ0) is 21.2. The van der Waals surface area contributed by atoms with Crippen molar-refractivity contribution in [3.8, 4) is 0 Å². The lowest BCUT2D eigenvalue weighted by atomic mass is 10.1. The van der Waals surface area contributed by atoms with Crippen LogP contribution in [-0.4, -0.2) is 52.9 Å². The van der Waals surface area contributed by atoms with Crippen LogP contribution in [0.15, 0.2) is 17.1 Å². The van der Waals surface area contributed by atoms with Gasteiger partial charge in [-0.05, 0) is 19.4 Å². The summed E-state index contributed by atoms with van der Waals surface area (Å²) in [7, 11) is -3.99. The third kappa shape index (κ3) is 5.00. The van der Waals surface area contributed by atoms with Gasteiger partial charge in [-0.3, -0.25) is 22.9 Å². The van der Waals surface area contributed by atoms with Gasteiger partial charge in [-0.2, -0.15) is 4.98 Å². The third-order valence-electron chi connectivity index (χ3n) is 4.53. The number of ether oxygens (including phenoxy) is 1. The summed E-state index contributed by atoms with van der Waals surface area (Å²) in [4.78, 5) is 27.2. The number of carbonyl (C=O) groups is 1. The summed E-state index contributed by atoms with van der Waals surface area (Å²) < 4.78 is 49.6. The summed E-state index contributed by atoms with van der Waals surface area (Å²) in [5.41, 5.74) is 4.78. The molecule has 2 aliphatic rings. The second-order valence-electron chi connectivity index (χ2n) is 6.64. The maximum Gasteiger partial charge on any atom is 0.475 e. The smallest absolute Gasteiger partial charge is 0.466 e. The van der Waals surface area contributed by atoms with Crippen molar-refractivity contribution in [2.45, 2.75) is 43.2 Å². The monoisotopic (exact) mass is 451 g/mol. The number of thioether (sulfide) groups is 1. The van der Waals surface area contributed by atoms with E-state index in [-0.39, 0.29) is 38.0 Å². The molecule has 162 valence electrons. The van der Waals surface area contributed by atoms with Gasteiger partial charge in [0, 0.05) is 6.20 Å². The minimum atomic E-state index is -3.99. The van der Waals surface area contributed by atoms with Gasteiger partial charge in [-0.15, -0.1) is 11.8 Å². The van der Waals surface area contributed by atoms with Crippen molar-refractivity contribution < 1.29 is 32.1 Å². The Balaban J connectivity index is 1.60. The van der Waals surface area contributed by atoms with Gasteiger partial charge < -0.3 is 10.5 Å². The van der Waals surface area contributed by atoms with E-state index in [1.807, 2.05) is 0 Å². The van der Waals surface area contributed by atoms with Gasteiger partial charge in [0.1, 0.15) is 17.3 Å². The largest absolute Gasteiger partial charge is 0.475 e. The Morgan fingerprint density at radius 1 is 1.59 bits per heavy atom. The maximum atomic E-state index is 15.0. The van der Waals surface area contributed by atoms with Crippen LogP contribution in [0.1, 0.15) is 25.6 Å². The van der Waals surface area contributed by atoms with Crippen molar-refractivity contribution in [1.82, 2.24) is 9.55 Å². The minimum absolute atomic E-state index is 0.0385. The highest BCUT2D eigenvalue weighted by molar-refractivity contribution is 8.00. The number of esters is 1. The van der Waals surface area contributed by atoms with E-state index >= 15 is 4.39 Å². The Hall–Kier alpha value is -1.46. The molecule has 0 bridgehead atoms. The predicted octanol–water partition coefficient (Wildman–Crippen LogP) is 1.91. The second-order valence-corrected chi connectivity index (χ2v) is 9.62. The highest BCUT2D eigenvalue weighted by atomic mass is 32.2. The normalized spacial score (nSPS) is 32.5. The number of fused-ring (bicyclic) bond motifs is 1. The summed E-state index contributed by atoms with van der Waals surface area (Å²) in [6.45, 7) is 3.48. The van der Waals surface area contributed by atoms with Gasteiger partial charge in [0.2, 0.25) is 0 Å². The van der Waals surface area contributed by atoms with Crippen molar-refractivity contribution >= 4 is 31.4 Å². The molecule has 6 atom stereocenters. The zero-order valence-electron chi connectivity index (χ0n) is 15.9. The van der Waals surface area contributed by atoms with Gasteiger partial charge >= 0.3 is 19.5 Å². The molecule has 2 fully saturated rings.